The van der Waals surface area contributed by atoms with Crippen molar-refractivity contribution in [1.82, 2.24) is 19.4 Å². The van der Waals surface area contributed by atoms with Crippen molar-refractivity contribution in [2.45, 2.75) is 25.8 Å². The summed E-state index contributed by atoms with van der Waals surface area (Å²) < 4.78 is 2.00. The summed E-state index contributed by atoms with van der Waals surface area (Å²) in [6.45, 7) is 5.50. The summed E-state index contributed by atoms with van der Waals surface area (Å²) in [5.74, 6) is 0.511. The first-order valence-corrected chi connectivity index (χ1v) is 7.04. The molecule has 1 aliphatic rings. The smallest absolute Gasteiger partial charge is 0.202 e. The second-order valence-corrected chi connectivity index (χ2v) is 5.63. The molecule has 5 nitrogen and oxygen atoms in total. The number of halogens is 1. The van der Waals surface area contributed by atoms with Gasteiger partial charge in [-0.25, -0.2) is 9.97 Å². The summed E-state index contributed by atoms with van der Waals surface area (Å²) in [6.07, 6.45) is 4.23. The molecule has 0 spiro atoms. The van der Waals surface area contributed by atoms with Crippen LogP contribution in [-0.2, 0) is 0 Å². The summed E-state index contributed by atoms with van der Waals surface area (Å²) in [4.78, 5) is 11.2. The molecule has 3 rings (SSSR count). The van der Waals surface area contributed by atoms with Crippen LogP contribution in [0.2, 0.25) is 5.02 Å². The van der Waals surface area contributed by atoms with Crippen molar-refractivity contribution in [2.24, 2.45) is 0 Å². The molecule has 2 aromatic rings. The van der Waals surface area contributed by atoms with Crippen LogP contribution in [0.3, 0.4) is 0 Å². The van der Waals surface area contributed by atoms with Gasteiger partial charge in [0.1, 0.15) is 5.52 Å². The zero-order valence-electron chi connectivity index (χ0n) is 11.0. The third kappa shape index (κ3) is 2.40. The quantitative estimate of drug-likeness (QED) is 0.937. The van der Waals surface area contributed by atoms with Crippen molar-refractivity contribution in [3.8, 4) is 0 Å². The van der Waals surface area contributed by atoms with E-state index < -0.39 is 0 Å². The van der Waals surface area contributed by atoms with Crippen LogP contribution in [0.25, 0.3) is 11.2 Å². The molecule has 2 N–H and O–H groups in total. The fourth-order valence-corrected chi connectivity index (χ4v) is 2.98. The van der Waals surface area contributed by atoms with Crippen LogP contribution >= 0.6 is 11.6 Å². The Morgan fingerprint density at radius 2 is 2.16 bits per heavy atom. The topological polar surface area (TPSA) is 60.0 Å². The minimum absolute atomic E-state index is 0.261. The van der Waals surface area contributed by atoms with E-state index >= 15 is 0 Å². The number of anilines is 1. The fourth-order valence-electron chi connectivity index (χ4n) is 2.83. The van der Waals surface area contributed by atoms with Gasteiger partial charge in [0.25, 0.3) is 0 Å². The highest BCUT2D eigenvalue weighted by molar-refractivity contribution is 6.31. The summed E-state index contributed by atoms with van der Waals surface area (Å²) in [7, 11) is 0. The molecule has 102 valence electrons. The van der Waals surface area contributed by atoms with Crippen molar-refractivity contribution in [1.29, 1.82) is 0 Å². The van der Waals surface area contributed by atoms with E-state index in [-0.39, 0.29) is 6.04 Å². The molecule has 2 aromatic heterocycles. The summed E-state index contributed by atoms with van der Waals surface area (Å²) >= 11 is 5.94. The minimum atomic E-state index is 0.261. The number of hydrogen-bond acceptors (Lipinski definition) is 4. The number of aromatic nitrogens is 3. The third-order valence-corrected chi connectivity index (χ3v) is 3.89. The average molecular weight is 280 g/mol. The predicted molar refractivity (Wildman–Crippen MR) is 77.3 cm³/mol. The van der Waals surface area contributed by atoms with E-state index in [1.165, 1.54) is 25.9 Å². The molecule has 1 saturated heterocycles. The monoisotopic (exact) mass is 279 g/mol. The molecule has 1 aliphatic heterocycles. The largest absolute Gasteiger partial charge is 0.369 e. The SMILES string of the molecule is CC(CN1CCCC1)n1c(N)nc2cc(Cl)cnc21. The van der Waals surface area contributed by atoms with Gasteiger partial charge in [-0.1, -0.05) is 11.6 Å². The van der Waals surface area contributed by atoms with Gasteiger partial charge >= 0.3 is 0 Å². The number of imidazole rings is 1. The Hall–Kier alpha value is -1.33. The van der Waals surface area contributed by atoms with E-state index in [4.69, 9.17) is 17.3 Å². The van der Waals surface area contributed by atoms with E-state index in [9.17, 15) is 0 Å². The molecular formula is C13H18ClN5. The lowest BCUT2D eigenvalue weighted by Gasteiger charge is -2.22. The Kier molecular flexibility index (Phi) is 3.33. The van der Waals surface area contributed by atoms with Crippen LogP contribution in [-0.4, -0.2) is 39.1 Å². The molecule has 0 bridgehead atoms. The highest BCUT2D eigenvalue weighted by atomic mass is 35.5. The van der Waals surface area contributed by atoms with Crippen LogP contribution in [0.4, 0.5) is 5.95 Å². The van der Waals surface area contributed by atoms with E-state index in [1.54, 1.807) is 12.3 Å². The first-order chi connectivity index (χ1) is 9.15. The molecule has 0 saturated carbocycles. The summed E-state index contributed by atoms with van der Waals surface area (Å²) in [5, 5.41) is 0.587. The van der Waals surface area contributed by atoms with Gasteiger partial charge in [-0.15, -0.1) is 0 Å². The van der Waals surface area contributed by atoms with E-state index in [2.05, 4.69) is 21.8 Å². The Labute approximate surface area is 117 Å². The second-order valence-electron chi connectivity index (χ2n) is 5.19. The molecule has 0 radical (unpaired) electrons. The maximum absolute atomic E-state index is 6.03. The average Bonchev–Trinajstić information content (AvgIpc) is 2.95. The second kappa shape index (κ2) is 4.98. The van der Waals surface area contributed by atoms with Crippen molar-refractivity contribution < 1.29 is 0 Å². The van der Waals surface area contributed by atoms with Crippen LogP contribution in [0.5, 0.6) is 0 Å². The number of rotatable bonds is 3. The number of likely N-dealkylation sites (tertiary alicyclic amines) is 1. The van der Waals surface area contributed by atoms with Crippen molar-refractivity contribution in [3.63, 3.8) is 0 Å². The summed E-state index contributed by atoms with van der Waals surface area (Å²) in [6, 6.07) is 2.07. The number of hydrogen-bond donors (Lipinski definition) is 1. The van der Waals surface area contributed by atoms with Gasteiger partial charge in [0, 0.05) is 18.8 Å². The molecule has 1 fully saturated rings. The van der Waals surface area contributed by atoms with Crippen molar-refractivity contribution in [3.05, 3.63) is 17.3 Å². The number of pyridine rings is 1. The third-order valence-electron chi connectivity index (χ3n) is 3.69. The van der Waals surface area contributed by atoms with Gasteiger partial charge < -0.3 is 10.6 Å². The number of fused-ring (bicyclic) bond motifs is 1. The zero-order chi connectivity index (χ0) is 13.4. The zero-order valence-corrected chi connectivity index (χ0v) is 11.8. The number of nitrogens with zero attached hydrogens (tertiary/aromatic N) is 4. The van der Waals surface area contributed by atoms with E-state index in [1.807, 2.05) is 4.57 Å². The molecule has 0 aliphatic carbocycles. The molecule has 19 heavy (non-hydrogen) atoms. The van der Waals surface area contributed by atoms with Gasteiger partial charge in [-0.05, 0) is 38.9 Å². The highest BCUT2D eigenvalue weighted by Crippen LogP contribution is 2.24. The highest BCUT2D eigenvalue weighted by Gasteiger charge is 2.19. The summed E-state index contributed by atoms with van der Waals surface area (Å²) in [5.41, 5.74) is 7.60. The Morgan fingerprint density at radius 1 is 1.42 bits per heavy atom. The lowest BCUT2D eigenvalue weighted by molar-refractivity contribution is 0.291. The van der Waals surface area contributed by atoms with Gasteiger partial charge in [0.15, 0.2) is 5.65 Å². The Balaban J connectivity index is 1.92. The van der Waals surface area contributed by atoms with Crippen molar-refractivity contribution in [2.75, 3.05) is 25.4 Å². The number of nitrogens with two attached hydrogens (primary N) is 1. The molecule has 0 amide bonds. The first-order valence-electron chi connectivity index (χ1n) is 6.66. The van der Waals surface area contributed by atoms with Crippen LogP contribution in [0.15, 0.2) is 12.3 Å². The standard InChI is InChI=1S/C13H18ClN5/c1-9(8-18-4-2-3-5-18)19-12-11(17-13(19)15)6-10(14)7-16-12/h6-7,9H,2-5,8H2,1H3,(H2,15,17). The normalized spacial score (nSPS) is 18.2. The number of nitrogen functional groups attached to an aromatic ring is 1. The van der Waals surface area contributed by atoms with Gasteiger partial charge in [-0.3, -0.25) is 4.57 Å². The first kappa shape index (κ1) is 12.7. The molecule has 0 aromatic carbocycles. The lowest BCUT2D eigenvalue weighted by Crippen LogP contribution is -2.27. The van der Waals surface area contributed by atoms with Crippen LogP contribution < -0.4 is 5.73 Å². The molecule has 3 heterocycles. The molecule has 1 unspecified atom stereocenters. The van der Waals surface area contributed by atoms with Crippen LogP contribution in [0, 0.1) is 0 Å². The molecule has 1 atom stereocenters. The van der Waals surface area contributed by atoms with Crippen LogP contribution in [0.1, 0.15) is 25.8 Å². The minimum Gasteiger partial charge on any atom is -0.369 e. The lowest BCUT2D eigenvalue weighted by atomic mass is 10.3. The predicted octanol–water partition coefficient (Wildman–Crippen LogP) is 2.32. The Bertz CT molecular complexity index is 588. The Morgan fingerprint density at radius 3 is 2.89 bits per heavy atom. The molecule has 6 heteroatoms. The molecular weight excluding hydrogens is 262 g/mol. The maximum atomic E-state index is 6.03. The maximum Gasteiger partial charge on any atom is 0.202 e. The van der Waals surface area contributed by atoms with Crippen molar-refractivity contribution >= 4 is 28.7 Å². The van der Waals surface area contributed by atoms with Gasteiger partial charge in [0.2, 0.25) is 5.95 Å². The fraction of sp³-hybridized carbons (Fsp3) is 0.538. The van der Waals surface area contributed by atoms with Gasteiger partial charge in [-0.2, -0.15) is 0 Å². The van der Waals surface area contributed by atoms with E-state index in [0.29, 0.717) is 11.0 Å². The van der Waals surface area contributed by atoms with Gasteiger partial charge in [0.05, 0.1) is 5.02 Å². The van der Waals surface area contributed by atoms with E-state index in [0.717, 1.165) is 17.7 Å².